The van der Waals surface area contributed by atoms with Crippen LogP contribution in [0.1, 0.15) is 50.8 Å². The molecule has 3 unspecified atom stereocenters. The van der Waals surface area contributed by atoms with Crippen molar-refractivity contribution in [2.24, 2.45) is 5.92 Å². The highest BCUT2D eigenvalue weighted by Gasteiger charge is 2.41. The van der Waals surface area contributed by atoms with Crippen molar-refractivity contribution in [3.05, 3.63) is 35.4 Å². The smallest absolute Gasteiger partial charge is 0.0988 e. The van der Waals surface area contributed by atoms with Gasteiger partial charge in [-0.25, -0.2) is 0 Å². The Morgan fingerprint density at radius 3 is 2.95 bits per heavy atom. The molecule has 19 heavy (non-hydrogen) atoms. The molecular weight excluding hydrogens is 234 g/mol. The Bertz CT molecular complexity index is 456. The number of rotatable bonds is 2. The highest BCUT2D eigenvalue weighted by atomic mass is 16.5. The van der Waals surface area contributed by atoms with Crippen LogP contribution in [0.25, 0.3) is 0 Å². The van der Waals surface area contributed by atoms with Crippen LogP contribution in [0.15, 0.2) is 24.3 Å². The topological polar surface area (TPSA) is 21.3 Å². The first kappa shape index (κ1) is 13.1. The summed E-state index contributed by atoms with van der Waals surface area (Å²) in [5.41, 5.74) is 2.85. The number of nitrogens with one attached hydrogen (secondary N) is 1. The van der Waals surface area contributed by atoms with Gasteiger partial charge in [0.15, 0.2) is 0 Å². The third kappa shape index (κ3) is 2.56. The van der Waals surface area contributed by atoms with Crippen LogP contribution >= 0.6 is 0 Å². The molecule has 0 spiro atoms. The quantitative estimate of drug-likeness (QED) is 0.878. The lowest BCUT2D eigenvalue weighted by Crippen LogP contribution is -2.56. The minimum absolute atomic E-state index is 0.0280. The summed E-state index contributed by atoms with van der Waals surface area (Å²) in [5, 5.41) is 3.73. The highest BCUT2D eigenvalue weighted by Crippen LogP contribution is 2.40. The summed E-state index contributed by atoms with van der Waals surface area (Å²) in [6.45, 7) is 7.78. The second kappa shape index (κ2) is 4.92. The molecule has 1 aliphatic carbocycles. The van der Waals surface area contributed by atoms with Gasteiger partial charge in [0.05, 0.1) is 11.7 Å². The van der Waals surface area contributed by atoms with Gasteiger partial charge in [-0.2, -0.15) is 0 Å². The Kier molecular flexibility index (Phi) is 3.40. The Morgan fingerprint density at radius 1 is 1.37 bits per heavy atom. The normalized spacial score (nSPS) is 33.9. The van der Waals surface area contributed by atoms with E-state index in [4.69, 9.17) is 4.74 Å². The molecule has 0 amide bonds. The van der Waals surface area contributed by atoms with Crippen LogP contribution in [0.5, 0.6) is 0 Å². The van der Waals surface area contributed by atoms with Crippen LogP contribution < -0.4 is 5.32 Å². The lowest BCUT2D eigenvalue weighted by molar-refractivity contribution is -0.140. The molecule has 0 bridgehead atoms. The molecule has 2 nitrogen and oxygen atoms in total. The van der Waals surface area contributed by atoms with Gasteiger partial charge in [-0.15, -0.1) is 0 Å². The van der Waals surface area contributed by atoms with E-state index in [-0.39, 0.29) is 11.7 Å². The molecule has 2 aliphatic rings. The number of hydrogen-bond donors (Lipinski definition) is 1. The first-order valence-electron chi connectivity index (χ1n) is 7.56. The molecule has 1 N–H and O–H groups in total. The van der Waals surface area contributed by atoms with Crippen LogP contribution in [0.3, 0.4) is 0 Å². The van der Waals surface area contributed by atoms with Crippen molar-refractivity contribution >= 4 is 0 Å². The number of aryl methyl sites for hydroxylation is 1. The van der Waals surface area contributed by atoms with Crippen molar-refractivity contribution in [1.82, 2.24) is 5.32 Å². The average Bonchev–Trinajstić information content (AvgIpc) is 2.37. The molecule has 1 aromatic carbocycles. The van der Waals surface area contributed by atoms with E-state index in [1.807, 2.05) is 0 Å². The van der Waals surface area contributed by atoms with Crippen molar-refractivity contribution in [1.29, 1.82) is 0 Å². The van der Waals surface area contributed by atoms with Crippen LogP contribution in [-0.4, -0.2) is 18.2 Å². The summed E-state index contributed by atoms with van der Waals surface area (Å²) < 4.78 is 6.55. The molecule has 104 valence electrons. The molecule has 1 heterocycles. The van der Waals surface area contributed by atoms with Crippen molar-refractivity contribution in [3.8, 4) is 0 Å². The van der Waals surface area contributed by atoms with Crippen LogP contribution in [0, 0.1) is 5.92 Å². The van der Waals surface area contributed by atoms with E-state index in [1.165, 1.54) is 24.0 Å². The second-order valence-electron chi connectivity index (χ2n) is 6.81. The van der Waals surface area contributed by atoms with Gasteiger partial charge in [0.2, 0.25) is 0 Å². The zero-order valence-corrected chi connectivity index (χ0v) is 12.3. The van der Waals surface area contributed by atoms with Crippen LogP contribution in [0.4, 0.5) is 0 Å². The average molecular weight is 259 g/mol. The fourth-order valence-corrected chi connectivity index (χ4v) is 3.75. The van der Waals surface area contributed by atoms with Gasteiger partial charge in [0, 0.05) is 12.6 Å². The highest BCUT2D eigenvalue weighted by molar-refractivity contribution is 5.33. The fraction of sp³-hybridized carbons (Fsp3) is 0.647. The monoisotopic (exact) mass is 259 g/mol. The molecule has 1 aliphatic heterocycles. The van der Waals surface area contributed by atoms with E-state index < -0.39 is 0 Å². The molecule has 0 saturated carbocycles. The van der Waals surface area contributed by atoms with Gasteiger partial charge in [-0.3, -0.25) is 0 Å². The van der Waals surface area contributed by atoms with Crippen molar-refractivity contribution < 1.29 is 4.74 Å². The summed E-state index contributed by atoms with van der Waals surface area (Å²) in [6, 6.07) is 9.27. The Morgan fingerprint density at radius 2 is 2.16 bits per heavy atom. The van der Waals surface area contributed by atoms with Crippen molar-refractivity contribution in [2.75, 3.05) is 6.54 Å². The van der Waals surface area contributed by atoms with Gasteiger partial charge < -0.3 is 10.1 Å². The van der Waals surface area contributed by atoms with Gasteiger partial charge in [-0.05, 0) is 43.2 Å². The summed E-state index contributed by atoms with van der Waals surface area (Å²) in [4.78, 5) is 0. The van der Waals surface area contributed by atoms with E-state index in [0.717, 1.165) is 13.0 Å². The van der Waals surface area contributed by atoms with E-state index in [0.29, 0.717) is 12.0 Å². The van der Waals surface area contributed by atoms with Crippen LogP contribution in [-0.2, 0) is 11.2 Å². The minimum Gasteiger partial charge on any atom is -0.364 e. The number of fused-ring (bicyclic) bond motifs is 3. The van der Waals surface area contributed by atoms with Gasteiger partial charge >= 0.3 is 0 Å². The zero-order chi connectivity index (χ0) is 13.5. The number of morpholine rings is 1. The lowest BCUT2D eigenvalue weighted by Gasteiger charge is -2.47. The Hall–Kier alpha value is -0.860. The molecular formula is C17H25NO. The molecule has 2 heteroatoms. The van der Waals surface area contributed by atoms with Gasteiger partial charge in [0.25, 0.3) is 0 Å². The largest absolute Gasteiger partial charge is 0.364 e. The lowest BCUT2D eigenvalue weighted by atomic mass is 9.82. The zero-order valence-electron chi connectivity index (χ0n) is 12.3. The van der Waals surface area contributed by atoms with E-state index >= 15 is 0 Å². The third-order valence-corrected chi connectivity index (χ3v) is 4.44. The van der Waals surface area contributed by atoms with Crippen molar-refractivity contribution in [3.63, 3.8) is 0 Å². The predicted molar refractivity (Wildman–Crippen MR) is 78.2 cm³/mol. The van der Waals surface area contributed by atoms with E-state index in [1.54, 1.807) is 0 Å². The first-order valence-corrected chi connectivity index (χ1v) is 7.56. The summed E-state index contributed by atoms with van der Waals surface area (Å²) in [7, 11) is 0. The van der Waals surface area contributed by atoms with E-state index in [9.17, 15) is 0 Å². The molecule has 1 aromatic rings. The molecule has 1 saturated heterocycles. The van der Waals surface area contributed by atoms with Gasteiger partial charge in [0.1, 0.15) is 0 Å². The standard InChI is InChI=1S/C17H25NO/c1-12(2)10-17(3)11-18-15-9-8-13-6-4-5-7-14(13)16(15)19-17/h4-7,12,15-16,18H,8-11H2,1-3H3. The van der Waals surface area contributed by atoms with Crippen LogP contribution in [0.2, 0.25) is 0 Å². The number of benzene rings is 1. The SMILES string of the molecule is CC(C)CC1(C)CNC2CCc3ccccc3C2O1. The Balaban J connectivity index is 1.86. The molecule has 1 fully saturated rings. The maximum absolute atomic E-state index is 6.55. The molecule has 3 atom stereocenters. The maximum Gasteiger partial charge on any atom is 0.0988 e. The molecule has 0 aromatic heterocycles. The minimum atomic E-state index is -0.0280. The van der Waals surface area contributed by atoms with Crippen molar-refractivity contribution in [2.45, 2.75) is 57.8 Å². The fourth-order valence-electron chi connectivity index (χ4n) is 3.75. The summed E-state index contributed by atoms with van der Waals surface area (Å²) in [5.74, 6) is 0.669. The summed E-state index contributed by atoms with van der Waals surface area (Å²) >= 11 is 0. The maximum atomic E-state index is 6.55. The predicted octanol–water partition coefficient (Wildman–Crippen LogP) is 3.47. The van der Waals surface area contributed by atoms with E-state index in [2.05, 4.69) is 50.4 Å². The summed E-state index contributed by atoms with van der Waals surface area (Å²) in [6.07, 6.45) is 3.72. The molecule has 3 rings (SSSR count). The molecule has 0 radical (unpaired) electrons. The first-order chi connectivity index (χ1) is 9.07. The van der Waals surface area contributed by atoms with Gasteiger partial charge in [-0.1, -0.05) is 38.1 Å². The number of ether oxygens (including phenoxy) is 1. The second-order valence-corrected chi connectivity index (χ2v) is 6.81. The Labute approximate surface area is 116 Å². The third-order valence-electron chi connectivity index (χ3n) is 4.44. The number of hydrogen-bond acceptors (Lipinski definition) is 2.